The van der Waals surface area contributed by atoms with Crippen LogP contribution in [0, 0.1) is 11.3 Å². The second-order valence-electron chi connectivity index (χ2n) is 6.10. The first-order valence-corrected chi connectivity index (χ1v) is 8.22. The highest BCUT2D eigenvalue weighted by atomic mass is 15.1. The van der Waals surface area contributed by atoms with Gasteiger partial charge in [-0.15, -0.1) is 0 Å². The molecule has 0 atom stereocenters. The van der Waals surface area contributed by atoms with Crippen LogP contribution in [0.5, 0.6) is 0 Å². The second kappa shape index (κ2) is 7.51. The van der Waals surface area contributed by atoms with E-state index in [1.54, 1.807) is 0 Å². The highest BCUT2D eigenvalue weighted by Gasteiger charge is 2.03. The molecule has 2 heteroatoms. The normalized spacial score (nSPS) is 11.0. The molecule has 0 saturated heterocycles. The molecule has 0 aliphatic heterocycles. The Morgan fingerprint density at radius 1 is 0.800 bits per heavy atom. The van der Waals surface area contributed by atoms with Gasteiger partial charge in [0.05, 0.1) is 11.6 Å². The van der Waals surface area contributed by atoms with E-state index < -0.39 is 0 Å². The average molecular weight is 324 g/mol. The summed E-state index contributed by atoms with van der Waals surface area (Å²) in [6.45, 7) is 0. The molecule has 0 amide bonds. The molecule has 0 aliphatic carbocycles. The van der Waals surface area contributed by atoms with E-state index in [1.807, 2.05) is 62.6 Å². The molecule has 0 fully saturated rings. The number of nitrogens with zero attached hydrogens (tertiary/aromatic N) is 2. The lowest BCUT2D eigenvalue weighted by atomic mass is 9.99. The maximum absolute atomic E-state index is 9.54. The summed E-state index contributed by atoms with van der Waals surface area (Å²) in [5.41, 5.74) is 6.08. The van der Waals surface area contributed by atoms with Crippen molar-refractivity contribution in [2.24, 2.45) is 0 Å². The predicted octanol–water partition coefficient (Wildman–Crippen LogP) is 5.48. The number of nitriles is 1. The minimum Gasteiger partial charge on any atom is -0.378 e. The molecule has 0 unspecified atom stereocenters. The van der Waals surface area contributed by atoms with E-state index in [0.717, 1.165) is 22.4 Å². The minimum atomic E-state index is 0.664. The van der Waals surface area contributed by atoms with Crippen molar-refractivity contribution >= 4 is 17.3 Å². The second-order valence-corrected chi connectivity index (χ2v) is 6.10. The van der Waals surface area contributed by atoms with E-state index in [-0.39, 0.29) is 0 Å². The zero-order chi connectivity index (χ0) is 17.6. The molecule has 0 N–H and O–H groups in total. The summed E-state index contributed by atoms with van der Waals surface area (Å²) >= 11 is 0. The minimum absolute atomic E-state index is 0.664. The number of benzene rings is 3. The number of hydrogen-bond donors (Lipinski definition) is 0. The van der Waals surface area contributed by atoms with Crippen molar-refractivity contribution < 1.29 is 0 Å². The molecule has 0 heterocycles. The fourth-order valence-electron chi connectivity index (χ4n) is 2.69. The fourth-order valence-corrected chi connectivity index (χ4v) is 2.69. The van der Waals surface area contributed by atoms with Crippen LogP contribution < -0.4 is 4.90 Å². The summed E-state index contributed by atoms with van der Waals surface area (Å²) in [6.07, 6.45) is 1.93. The third-order valence-electron chi connectivity index (χ3n) is 4.14. The van der Waals surface area contributed by atoms with Crippen molar-refractivity contribution in [1.82, 2.24) is 0 Å². The Kier molecular flexibility index (Phi) is 4.97. The van der Waals surface area contributed by atoms with Gasteiger partial charge in [0, 0.05) is 19.8 Å². The van der Waals surface area contributed by atoms with Gasteiger partial charge in [0.2, 0.25) is 0 Å². The van der Waals surface area contributed by atoms with Gasteiger partial charge in [-0.1, -0.05) is 66.7 Å². The van der Waals surface area contributed by atoms with E-state index in [4.69, 9.17) is 0 Å². The molecule has 122 valence electrons. The Morgan fingerprint density at radius 2 is 1.40 bits per heavy atom. The molecule has 0 saturated carbocycles. The molecular formula is C23H20N2. The monoisotopic (exact) mass is 324 g/mol. The fraction of sp³-hybridized carbons (Fsp3) is 0.0870. The van der Waals surface area contributed by atoms with Gasteiger partial charge in [0.15, 0.2) is 0 Å². The summed E-state index contributed by atoms with van der Waals surface area (Å²) in [7, 11) is 4.03. The van der Waals surface area contributed by atoms with Gasteiger partial charge in [-0.3, -0.25) is 0 Å². The Labute approximate surface area is 149 Å². The molecule has 0 spiro atoms. The molecule has 0 radical (unpaired) electrons. The van der Waals surface area contributed by atoms with Crippen molar-refractivity contribution in [1.29, 1.82) is 5.26 Å². The molecule has 2 nitrogen and oxygen atoms in total. The van der Waals surface area contributed by atoms with Gasteiger partial charge in [-0.2, -0.15) is 5.26 Å². The van der Waals surface area contributed by atoms with Gasteiger partial charge in [0.1, 0.15) is 0 Å². The molecule has 3 aromatic carbocycles. The molecule has 3 aromatic rings. The lowest BCUT2D eigenvalue weighted by Gasteiger charge is -2.12. The van der Waals surface area contributed by atoms with Crippen molar-refractivity contribution in [3.8, 4) is 17.2 Å². The van der Waals surface area contributed by atoms with Crippen LogP contribution in [0.4, 0.5) is 5.69 Å². The van der Waals surface area contributed by atoms with Crippen LogP contribution in [0.1, 0.15) is 11.1 Å². The molecule has 3 rings (SSSR count). The van der Waals surface area contributed by atoms with Crippen LogP contribution in [0.15, 0.2) is 78.9 Å². The maximum Gasteiger partial charge on any atom is 0.0998 e. The number of allylic oxidation sites excluding steroid dienone is 1. The Hall–Kier alpha value is -3.31. The van der Waals surface area contributed by atoms with E-state index in [0.29, 0.717) is 5.57 Å². The van der Waals surface area contributed by atoms with Gasteiger partial charge < -0.3 is 4.90 Å². The zero-order valence-corrected chi connectivity index (χ0v) is 14.5. The van der Waals surface area contributed by atoms with Crippen LogP contribution in [0.25, 0.3) is 22.8 Å². The number of rotatable bonds is 4. The standard InChI is InChI=1S/C23H20N2/c1-25(2)23-14-8-18(9-15-23)16-22(17-24)21-12-10-20(11-13-21)19-6-4-3-5-7-19/h3-16H,1-2H3. The lowest BCUT2D eigenvalue weighted by molar-refractivity contribution is 1.13. The third kappa shape index (κ3) is 3.97. The Morgan fingerprint density at radius 3 is 1.96 bits per heavy atom. The highest BCUT2D eigenvalue weighted by molar-refractivity contribution is 5.90. The van der Waals surface area contributed by atoms with Crippen molar-refractivity contribution in [3.63, 3.8) is 0 Å². The molecular weight excluding hydrogens is 304 g/mol. The first-order valence-electron chi connectivity index (χ1n) is 8.22. The maximum atomic E-state index is 9.54. The molecule has 0 aromatic heterocycles. The SMILES string of the molecule is CN(C)c1ccc(C=C(C#N)c2ccc(-c3ccccc3)cc2)cc1. The van der Waals surface area contributed by atoms with Crippen molar-refractivity contribution in [3.05, 3.63) is 90.0 Å². The summed E-state index contributed by atoms with van der Waals surface area (Å²) < 4.78 is 0. The average Bonchev–Trinajstić information content (AvgIpc) is 2.67. The van der Waals surface area contributed by atoms with E-state index in [1.165, 1.54) is 5.56 Å². The number of anilines is 1. The molecule has 0 bridgehead atoms. The van der Waals surface area contributed by atoms with Gasteiger partial charge in [-0.25, -0.2) is 0 Å². The van der Waals surface area contributed by atoms with Crippen molar-refractivity contribution in [2.45, 2.75) is 0 Å². The first-order chi connectivity index (χ1) is 12.2. The Balaban J connectivity index is 1.87. The Bertz CT molecular complexity index is 897. The smallest absolute Gasteiger partial charge is 0.0998 e. The molecule has 25 heavy (non-hydrogen) atoms. The summed E-state index contributed by atoms with van der Waals surface area (Å²) in [5, 5.41) is 9.54. The first kappa shape index (κ1) is 16.5. The van der Waals surface area contributed by atoms with Gasteiger partial charge in [-0.05, 0) is 40.5 Å². The number of hydrogen-bond acceptors (Lipinski definition) is 2. The molecule has 0 aliphatic rings. The highest BCUT2D eigenvalue weighted by Crippen LogP contribution is 2.24. The quantitative estimate of drug-likeness (QED) is 0.469. The predicted molar refractivity (Wildman–Crippen MR) is 106 cm³/mol. The van der Waals surface area contributed by atoms with Crippen molar-refractivity contribution in [2.75, 3.05) is 19.0 Å². The van der Waals surface area contributed by atoms with Gasteiger partial charge >= 0.3 is 0 Å². The van der Waals surface area contributed by atoms with Gasteiger partial charge in [0.25, 0.3) is 0 Å². The van der Waals surface area contributed by atoms with Crippen LogP contribution in [0.3, 0.4) is 0 Å². The lowest BCUT2D eigenvalue weighted by Crippen LogP contribution is -2.07. The third-order valence-corrected chi connectivity index (χ3v) is 4.14. The van der Waals surface area contributed by atoms with E-state index >= 15 is 0 Å². The van der Waals surface area contributed by atoms with Crippen LogP contribution in [-0.2, 0) is 0 Å². The van der Waals surface area contributed by atoms with Crippen LogP contribution in [0.2, 0.25) is 0 Å². The topological polar surface area (TPSA) is 27.0 Å². The van der Waals surface area contributed by atoms with Crippen LogP contribution in [-0.4, -0.2) is 14.1 Å². The summed E-state index contributed by atoms with van der Waals surface area (Å²) in [4.78, 5) is 2.06. The summed E-state index contributed by atoms with van der Waals surface area (Å²) in [5.74, 6) is 0. The van der Waals surface area contributed by atoms with E-state index in [2.05, 4.69) is 47.4 Å². The van der Waals surface area contributed by atoms with Crippen LogP contribution >= 0.6 is 0 Å². The van der Waals surface area contributed by atoms with E-state index in [9.17, 15) is 5.26 Å². The largest absolute Gasteiger partial charge is 0.378 e. The summed E-state index contributed by atoms with van der Waals surface area (Å²) in [6, 6.07) is 28.9. The zero-order valence-electron chi connectivity index (χ0n) is 14.5.